The summed E-state index contributed by atoms with van der Waals surface area (Å²) in [6.07, 6.45) is 5.22. The van der Waals surface area contributed by atoms with Gasteiger partial charge in [-0.1, -0.05) is 0 Å². The lowest BCUT2D eigenvalue weighted by atomic mass is 10.2. The van der Waals surface area contributed by atoms with Gasteiger partial charge >= 0.3 is 6.03 Å². The van der Waals surface area contributed by atoms with Crippen LogP contribution in [0.15, 0.2) is 17.2 Å². The molecule has 2 aliphatic rings. The average Bonchev–Trinajstić information content (AvgIpc) is 3.15. The first-order valence-electron chi connectivity index (χ1n) is 9.03. The van der Waals surface area contributed by atoms with Crippen LogP contribution in [0.5, 0.6) is 0 Å². The van der Waals surface area contributed by atoms with E-state index in [4.69, 9.17) is 9.47 Å². The maximum Gasteiger partial charge on any atom is 0.317 e. The largest absolute Gasteiger partial charge is 0.376 e. The van der Waals surface area contributed by atoms with Crippen molar-refractivity contribution in [3.8, 4) is 0 Å². The molecule has 3 heterocycles. The first kappa shape index (κ1) is 18.7. The Balaban J connectivity index is 1.51. The zero-order valence-corrected chi connectivity index (χ0v) is 15.4. The molecule has 2 aliphatic heterocycles. The van der Waals surface area contributed by atoms with Gasteiger partial charge in [-0.25, -0.2) is 9.78 Å². The van der Waals surface area contributed by atoms with Crippen molar-refractivity contribution in [1.29, 1.82) is 0 Å². The van der Waals surface area contributed by atoms with Crippen molar-refractivity contribution in [3.05, 3.63) is 22.7 Å². The number of rotatable bonds is 5. The van der Waals surface area contributed by atoms with Gasteiger partial charge in [-0.05, 0) is 12.8 Å². The predicted molar refractivity (Wildman–Crippen MR) is 96.4 cm³/mol. The maximum absolute atomic E-state index is 12.4. The van der Waals surface area contributed by atoms with E-state index in [1.165, 1.54) is 4.57 Å². The van der Waals surface area contributed by atoms with Crippen LogP contribution < -0.4 is 15.8 Å². The molecule has 2 atom stereocenters. The molecule has 144 valence electrons. The molecule has 0 bridgehead atoms. The van der Waals surface area contributed by atoms with Crippen LogP contribution in [0, 0.1) is 0 Å². The van der Waals surface area contributed by atoms with E-state index in [2.05, 4.69) is 10.3 Å². The fourth-order valence-corrected chi connectivity index (χ4v) is 3.27. The zero-order chi connectivity index (χ0) is 18.5. The molecular formula is C17H27N5O4. The summed E-state index contributed by atoms with van der Waals surface area (Å²) in [6.45, 7) is 3.33. The van der Waals surface area contributed by atoms with Gasteiger partial charge in [-0.3, -0.25) is 4.79 Å². The lowest BCUT2D eigenvalue weighted by molar-refractivity contribution is -0.00959. The molecule has 3 rings (SSSR count). The van der Waals surface area contributed by atoms with E-state index in [-0.39, 0.29) is 23.8 Å². The highest BCUT2D eigenvalue weighted by molar-refractivity contribution is 5.74. The molecule has 0 saturated carbocycles. The predicted octanol–water partition coefficient (Wildman–Crippen LogP) is -0.194. The van der Waals surface area contributed by atoms with E-state index < -0.39 is 0 Å². The Morgan fingerprint density at radius 1 is 1.38 bits per heavy atom. The summed E-state index contributed by atoms with van der Waals surface area (Å²) in [5, 5.41) is 2.94. The first-order chi connectivity index (χ1) is 12.5. The number of carbonyl (C=O) groups excluding carboxylic acids is 1. The second kappa shape index (κ2) is 8.50. The molecule has 1 aromatic heterocycles. The van der Waals surface area contributed by atoms with Crippen LogP contribution in [0.3, 0.4) is 0 Å². The van der Waals surface area contributed by atoms with Gasteiger partial charge in [-0.2, -0.15) is 0 Å². The van der Waals surface area contributed by atoms with Crippen LogP contribution in [-0.4, -0.2) is 79.1 Å². The molecule has 26 heavy (non-hydrogen) atoms. The van der Waals surface area contributed by atoms with Crippen molar-refractivity contribution >= 4 is 11.8 Å². The van der Waals surface area contributed by atoms with Crippen molar-refractivity contribution in [3.63, 3.8) is 0 Å². The molecule has 0 unspecified atom stereocenters. The second-order valence-corrected chi connectivity index (χ2v) is 6.81. The molecule has 9 nitrogen and oxygen atoms in total. The second-order valence-electron chi connectivity index (χ2n) is 6.81. The van der Waals surface area contributed by atoms with Gasteiger partial charge in [0.25, 0.3) is 5.56 Å². The number of urea groups is 1. The minimum Gasteiger partial charge on any atom is -0.376 e. The molecule has 1 N–H and O–H groups in total. The molecule has 0 aromatic carbocycles. The monoisotopic (exact) mass is 365 g/mol. The molecule has 0 spiro atoms. The fraction of sp³-hybridized carbons (Fsp3) is 0.706. The van der Waals surface area contributed by atoms with Crippen molar-refractivity contribution in [2.75, 3.05) is 51.3 Å². The van der Waals surface area contributed by atoms with E-state index in [0.29, 0.717) is 38.6 Å². The zero-order valence-electron chi connectivity index (χ0n) is 15.4. The van der Waals surface area contributed by atoms with E-state index >= 15 is 0 Å². The van der Waals surface area contributed by atoms with Gasteiger partial charge in [0.2, 0.25) is 0 Å². The van der Waals surface area contributed by atoms with Crippen LogP contribution in [-0.2, 0) is 16.5 Å². The van der Waals surface area contributed by atoms with Crippen molar-refractivity contribution < 1.29 is 14.3 Å². The van der Waals surface area contributed by atoms with Gasteiger partial charge in [-0.15, -0.1) is 0 Å². The number of morpholine rings is 1. The Morgan fingerprint density at radius 2 is 2.19 bits per heavy atom. The quantitative estimate of drug-likeness (QED) is 0.778. The van der Waals surface area contributed by atoms with Crippen LogP contribution in [0.4, 0.5) is 10.6 Å². The lowest BCUT2D eigenvalue weighted by Crippen LogP contribution is -2.53. The summed E-state index contributed by atoms with van der Waals surface area (Å²) in [5.74, 6) is 0.374. The lowest BCUT2D eigenvalue weighted by Gasteiger charge is -2.35. The number of aryl methyl sites for hydroxylation is 1. The standard InChI is InChI=1S/C17H27N5O4/c1-20-6-5-18-15(16(20)23)21(2)11-14-12-22(7-9-26-14)17(24)19-10-13-4-3-8-25-13/h5-6,13-14H,3-4,7-12H2,1-2H3,(H,19,24)/t13-,14+/m1/s1. The number of carbonyl (C=O) groups is 1. The first-order valence-corrected chi connectivity index (χ1v) is 9.03. The summed E-state index contributed by atoms with van der Waals surface area (Å²) < 4.78 is 12.8. The van der Waals surface area contributed by atoms with E-state index in [9.17, 15) is 9.59 Å². The Morgan fingerprint density at radius 3 is 2.96 bits per heavy atom. The van der Waals surface area contributed by atoms with Crippen LogP contribution in [0.2, 0.25) is 0 Å². The molecule has 0 aliphatic carbocycles. The van der Waals surface area contributed by atoms with Gasteiger partial charge in [0, 0.05) is 52.7 Å². The Labute approximate surface area is 152 Å². The van der Waals surface area contributed by atoms with Gasteiger partial charge in [0.15, 0.2) is 5.82 Å². The van der Waals surface area contributed by atoms with E-state index in [1.807, 2.05) is 7.05 Å². The maximum atomic E-state index is 12.4. The summed E-state index contributed by atoms with van der Waals surface area (Å²) in [7, 11) is 3.50. The number of aromatic nitrogens is 2. The molecule has 1 aromatic rings. The van der Waals surface area contributed by atoms with Crippen molar-refractivity contribution in [2.45, 2.75) is 25.0 Å². The summed E-state index contributed by atoms with van der Waals surface area (Å²) in [5.41, 5.74) is -0.156. The van der Waals surface area contributed by atoms with Crippen molar-refractivity contribution in [1.82, 2.24) is 19.8 Å². The average molecular weight is 365 g/mol. The number of ether oxygens (including phenoxy) is 2. The third kappa shape index (κ3) is 4.53. The highest BCUT2D eigenvalue weighted by atomic mass is 16.5. The number of amides is 2. The molecular weight excluding hydrogens is 338 g/mol. The topological polar surface area (TPSA) is 88.9 Å². The summed E-state index contributed by atoms with van der Waals surface area (Å²) >= 11 is 0. The third-order valence-electron chi connectivity index (χ3n) is 4.77. The fourth-order valence-electron chi connectivity index (χ4n) is 3.27. The van der Waals surface area contributed by atoms with Gasteiger partial charge in [0.1, 0.15) is 0 Å². The van der Waals surface area contributed by atoms with E-state index in [1.54, 1.807) is 29.2 Å². The number of hydrogen-bond acceptors (Lipinski definition) is 6. The molecule has 2 saturated heterocycles. The number of likely N-dealkylation sites (N-methyl/N-ethyl adjacent to an activating group) is 1. The summed E-state index contributed by atoms with van der Waals surface area (Å²) in [6, 6.07) is -0.0924. The number of nitrogens with zero attached hydrogens (tertiary/aromatic N) is 4. The van der Waals surface area contributed by atoms with Gasteiger partial charge < -0.3 is 29.2 Å². The molecule has 2 fully saturated rings. The van der Waals surface area contributed by atoms with Gasteiger partial charge in [0.05, 0.1) is 25.4 Å². The highest BCUT2D eigenvalue weighted by Gasteiger charge is 2.27. The molecule has 2 amide bonds. The highest BCUT2D eigenvalue weighted by Crippen LogP contribution is 2.12. The van der Waals surface area contributed by atoms with Crippen LogP contribution in [0.1, 0.15) is 12.8 Å². The Hall–Kier alpha value is -2.13. The third-order valence-corrected chi connectivity index (χ3v) is 4.77. The van der Waals surface area contributed by atoms with E-state index in [0.717, 1.165) is 19.4 Å². The van der Waals surface area contributed by atoms with Crippen LogP contribution in [0.25, 0.3) is 0 Å². The number of nitrogens with one attached hydrogen (secondary N) is 1. The Kier molecular flexibility index (Phi) is 6.10. The minimum absolute atomic E-state index is 0.0924. The molecule has 9 heteroatoms. The normalized spacial score (nSPS) is 23.1. The molecule has 0 radical (unpaired) electrons. The van der Waals surface area contributed by atoms with Crippen molar-refractivity contribution in [2.24, 2.45) is 7.05 Å². The SMILES string of the molecule is CN(C[C@H]1CN(C(=O)NC[C@H]2CCCO2)CCO1)c1nccn(C)c1=O. The Bertz CT molecular complexity index is 673. The van der Waals surface area contributed by atoms with Crippen LogP contribution >= 0.6 is 0 Å². The summed E-state index contributed by atoms with van der Waals surface area (Å²) in [4.78, 5) is 32.2. The smallest absolute Gasteiger partial charge is 0.317 e. The minimum atomic E-state index is -0.172. The number of hydrogen-bond donors (Lipinski definition) is 1. The number of anilines is 1.